The van der Waals surface area contributed by atoms with Crippen LogP contribution in [-0.4, -0.2) is 0 Å². The molecule has 0 amide bonds. The molecule has 5 heteroatoms. The molecule has 0 aliphatic rings. The van der Waals surface area contributed by atoms with E-state index in [0.717, 1.165) is 0 Å². The molecule has 0 saturated carbocycles. The van der Waals surface area contributed by atoms with E-state index < -0.39 is 5.82 Å². The fourth-order valence-electron chi connectivity index (χ4n) is 1.50. The molecule has 2 aromatic rings. The fourth-order valence-corrected chi connectivity index (χ4v) is 1.94. The lowest BCUT2D eigenvalue weighted by Gasteiger charge is -2.12. The van der Waals surface area contributed by atoms with E-state index >= 15 is 0 Å². The van der Waals surface area contributed by atoms with Crippen LogP contribution in [0, 0.1) is 5.82 Å². The third-order valence-corrected chi connectivity index (χ3v) is 2.90. The van der Waals surface area contributed by atoms with Crippen LogP contribution in [0.2, 0.25) is 10.0 Å². The van der Waals surface area contributed by atoms with Crippen molar-refractivity contribution in [2.45, 2.75) is 6.54 Å². The molecule has 0 aromatic heterocycles. The Bertz CT molecular complexity index is 575. The Morgan fingerprint density at radius 1 is 1.17 bits per heavy atom. The lowest BCUT2D eigenvalue weighted by atomic mass is 10.2. The number of nitrogens with two attached hydrogens (primary N) is 1. The Hall–Kier alpha value is -1.29. The summed E-state index contributed by atoms with van der Waals surface area (Å²) < 4.78 is 19.2. The lowest BCUT2D eigenvalue weighted by Crippen LogP contribution is -2.01. The van der Waals surface area contributed by atoms with Crippen molar-refractivity contribution < 1.29 is 9.13 Å². The van der Waals surface area contributed by atoms with E-state index in [-0.39, 0.29) is 12.3 Å². The summed E-state index contributed by atoms with van der Waals surface area (Å²) in [6.07, 6.45) is 0. The van der Waals surface area contributed by atoms with Gasteiger partial charge in [-0.15, -0.1) is 0 Å². The highest BCUT2D eigenvalue weighted by Gasteiger charge is 2.12. The summed E-state index contributed by atoms with van der Waals surface area (Å²) in [5.74, 6) is -0.0611. The summed E-state index contributed by atoms with van der Waals surface area (Å²) in [5, 5.41) is 0.800. The zero-order chi connectivity index (χ0) is 13.1. The maximum Gasteiger partial charge on any atom is 0.167 e. The van der Waals surface area contributed by atoms with Crippen molar-refractivity contribution in [3.05, 3.63) is 57.8 Å². The van der Waals surface area contributed by atoms with E-state index in [4.69, 9.17) is 33.7 Å². The summed E-state index contributed by atoms with van der Waals surface area (Å²) in [7, 11) is 0. The predicted molar refractivity (Wildman–Crippen MR) is 70.8 cm³/mol. The molecule has 2 rings (SSSR count). The zero-order valence-electron chi connectivity index (χ0n) is 9.29. The minimum Gasteiger partial charge on any atom is -0.452 e. The van der Waals surface area contributed by atoms with Gasteiger partial charge < -0.3 is 10.5 Å². The van der Waals surface area contributed by atoms with Crippen LogP contribution >= 0.6 is 23.2 Å². The van der Waals surface area contributed by atoms with Crippen LogP contribution in [0.4, 0.5) is 4.39 Å². The average molecular weight is 286 g/mol. The molecule has 2 aromatic carbocycles. The summed E-state index contributed by atoms with van der Waals surface area (Å²) >= 11 is 11.7. The van der Waals surface area contributed by atoms with Gasteiger partial charge in [0.1, 0.15) is 5.75 Å². The quantitative estimate of drug-likeness (QED) is 0.908. The predicted octanol–water partition coefficient (Wildman–Crippen LogP) is 4.38. The van der Waals surface area contributed by atoms with Crippen LogP contribution in [0.3, 0.4) is 0 Å². The van der Waals surface area contributed by atoms with Crippen LogP contribution in [0.1, 0.15) is 5.56 Å². The first-order valence-corrected chi connectivity index (χ1v) is 5.97. The van der Waals surface area contributed by atoms with Gasteiger partial charge in [0.25, 0.3) is 0 Å². The standard InChI is InChI=1S/C13H10Cl2FNO/c14-9-4-5-12(10(15)6-9)18-13-8(7-17)2-1-3-11(13)16/h1-6H,7,17H2. The second kappa shape index (κ2) is 5.57. The average Bonchev–Trinajstić information content (AvgIpc) is 2.34. The number of para-hydroxylation sites is 1. The molecular formula is C13H10Cl2FNO. The Morgan fingerprint density at radius 2 is 1.94 bits per heavy atom. The van der Waals surface area contributed by atoms with Crippen LogP contribution in [0.5, 0.6) is 11.5 Å². The molecular weight excluding hydrogens is 276 g/mol. The van der Waals surface area contributed by atoms with Crippen LogP contribution in [0.25, 0.3) is 0 Å². The van der Waals surface area contributed by atoms with Gasteiger partial charge in [0, 0.05) is 17.1 Å². The molecule has 0 bridgehead atoms. The molecule has 18 heavy (non-hydrogen) atoms. The highest BCUT2D eigenvalue weighted by atomic mass is 35.5. The molecule has 94 valence electrons. The van der Waals surface area contributed by atoms with E-state index in [1.807, 2.05) is 0 Å². The summed E-state index contributed by atoms with van der Waals surface area (Å²) in [6, 6.07) is 9.30. The van der Waals surface area contributed by atoms with Crippen LogP contribution in [-0.2, 0) is 6.54 Å². The largest absolute Gasteiger partial charge is 0.452 e. The molecule has 0 spiro atoms. The van der Waals surface area contributed by atoms with Gasteiger partial charge in [0.05, 0.1) is 5.02 Å². The van der Waals surface area contributed by atoms with E-state index in [0.29, 0.717) is 21.4 Å². The Morgan fingerprint density at radius 3 is 2.61 bits per heavy atom. The van der Waals surface area contributed by atoms with E-state index in [2.05, 4.69) is 0 Å². The second-order valence-electron chi connectivity index (χ2n) is 3.61. The van der Waals surface area contributed by atoms with Crippen LogP contribution < -0.4 is 10.5 Å². The van der Waals surface area contributed by atoms with Gasteiger partial charge in [-0.05, 0) is 24.3 Å². The minimum atomic E-state index is -0.482. The molecule has 0 aliphatic heterocycles. The van der Waals surface area contributed by atoms with Gasteiger partial charge in [-0.1, -0.05) is 35.3 Å². The molecule has 0 radical (unpaired) electrons. The first-order valence-electron chi connectivity index (χ1n) is 5.22. The van der Waals surface area contributed by atoms with Gasteiger partial charge in [0.15, 0.2) is 11.6 Å². The van der Waals surface area contributed by atoms with Crippen molar-refractivity contribution in [1.82, 2.24) is 0 Å². The molecule has 0 fully saturated rings. The Labute approximate surface area is 114 Å². The van der Waals surface area contributed by atoms with Gasteiger partial charge in [-0.2, -0.15) is 0 Å². The molecule has 0 saturated heterocycles. The van der Waals surface area contributed by atoms with Crippen molar-refractivity contribution in [2.75, 3.05) is 0 Å². The molecule has 2 nitrogen and oxygen atoms in total. The van der Waals surface area contributed by atoms with Crippen LogP contribution in [0.15, 0.2) is 36.4 Å². The number of benzene rings is 2. The van der Waals surface area contributed by atoms with Crippen molar-refractivity contribution in [2.24, 2.45) is 5.73 Å². The lowest BCUT2D eigenvalue weighted by molar-refractivity contribution is 0.436. The van der Waals surface area contributed by atoms with Crippen molar-refractivity contribution in [3.63, 3.8) is 0 Å². The highest BCUT2D eigenvalue weighted by Crippen LogP contribution is 2.34. The maximum absolute atomic E-state index is 13.7. The first kappa shape index (κ1) is 13.1. The summed E-state index contributed by atoms with van der Waals surface area (Å²) in [6.45, 7) is 0.179. The monoisotopic (exact) mass is 285 g/mol. The summed E-state index contributed by atoms with van der Waals surface area (Å²) in [5.41, 5.74) is 6.10. The number of hydrogen-bond donors (Lipinski definition) is 1. The molecule has 0 aliphatic carbocycles. The number of rotatable bonds is 3. The van der Waals surface area contributed by atoms with Crippen molar-refractivity contribution in [1.29, 1.82) is 0 Å². The highest BCUT2D eigenvalue weighted by molar-refractivity contribution is 6.35. The van der Waals surface area contributed by atoms with E-state index in [9.17, 15) is 4.39 Å². The normalized spacial score (nSPS) is 10.4. The minimum absolute atomic E-state index is 0.0872. The van der Waals surface area contributed by atoms with Gasteiger partial charge in [0.2, 0.25) is 0 Å². The topological polar surface area (TPSA) is 35.2 Å². The Balaban J connectivity index is 2.39. The smallest absolute Gasteiger partial charge is 0.167 e. The molecule has 0 unspecified atom stereocenters. The third-order valence-electron chi connectivity index (χ3n) is 2.37. The van der Waals surface area contributed by atoms with Crippen molar-refractivity contribution in [3.8, 4) is 11.5 Å². The first-order chi connectivity index (χ1) is 8.61. The number of hydrogen-bond acceptors (Lipinski definition) is 2. The maximum atomic E-state index is 13.7. The SMILES string of the molecule is NCc1cccc(F)c1Oc1ccc(Cl)cc1Cl. The number of ether oxygens (including phenoxy) is 1. The molecule has 0 heterocycles. The van der Waals surface area contributed by atoms with Crippen molar-refractivity contribution >= 4 is 23.2 Å². The van der Waals surface area contributed by atoms with E-state index in [1.54, 1.807) is 24.3 Å². The molecule has 2 N–H and O–H groups in total. The van der Waals surface area contributed by atoms with Gasteiger partial charge in [-0.3, -0.25) is 0 Å². The van der Waals surface area contributed by atoms with E-state index in [1.165, 1.54) is 12.1 Å². The van der Waals surface area contributed by atoms with Gasteiger partial charge >= 0.3 is 0 Å². The Kier molecular flexibility index (Phi) is 4.07. The third kappa shape index (κ3) is 2.75. The number of halogens is 3. The van der Waals surface area contributed by atoms with Gasteiger partial charge in [-0.25, -0.2) is 4.39 Å². The molecule has 0 atom stereocenters. The fraction of sp³-hybridized carbons (Fsp3) is 0.0769. The zero-order valence-corrected chi connectivity index (χ0v) is 10.8. The second-order valence-corrected chi connectivity index (χ2v) is 4.45. The summed E-state index contributed by atoms with van der Waals surface area (Å²) in [4.78, 5) is 0.